The normalized spacial score (nSPS) is 10.8. The van der Waals surface area contributed by atoms with E-state index in [-0.39, 0.29) is 0 Å². The Morgan fingerprint density at radius 2 is 1.22 bits per heavy atom. The number of fused-ring (bicyclic) bond motifs is 1. The Morgan fingerprint density at radius 3 is 1.91 bits per heavy atom. The molecule has 0 aliphatic rings. The molecule has 0 aliphatic carbocycles. The van der Waals surface area contributed by atoms with Crippen LogP contribution < -0.4 is 14.5 Å². The molecule has 45 heavy (non-hydrogen) atoms. The minimum absolute atomic E-state index is 0.915. The van der Waals surface area contributed by atoms with Crippen molar-refractivity contribution in [3.63, 3.8) is 0 Å². The molecule has 0 saturated carbocycles. The quantitative estimate of drug-likeness (QED) is 0.184. The van der Waals surface area contributed by atoms with E-state index in [1.807, 2.05) is 26.2 Å². The average molecular weight is 591 g/mol. The highest BCUT2D eigenvalue weighted by Crippen LogP contribution is 2.42. The molecule has 6 aromatic rings. The van der Waals surface area contributed by atoms with Gasteiger partial charge in [0, 0.05) is 36.4 Å². The van der Waals surface area contributed by atoms with Gasteiger partial charge in [0.25, 0.3) is 0 Å². The molecule has 0 radical (unpaired) electrons. The summed E-state index contributed by atoms with van der Waals surface area (Å²) in [5, 5.41) is 2.47. The van der Waals surface area contributed by atoms with Crippen molar-refractivity contribution in [2.24, 2.45) is 0 Å². The van der Waals surface area contributed by atoms with Crippen molar-refractivity contribution in [1.29, 1.82) is 0 Å². The lowest BCUT2D eigenvalue weighted by molar-refractivity contribution is 0.414. The van der Waals surface area contributed by atoms with E-state index in [1.165, 1.54) is 55.7 Å². The Balaban J connectivity index is 0.000000282. The number of methoxy groups -OCH3 is 1. The Labute approximate surface area is 268 Å². The Bertz CT molecular complexity index is 1880. The number of aryl methyl sites for hydroxylation is 2. The Hall–Kier alpha value is -5.28. The molecule has 0 aliphatic heterocycles. The van der Waals surface area contributed by atoms with Crippen LogP contribution in [0.25, 0.3) is 28.0 Å². The molecule has 0 bridgehead atoms. The first-order valence-electron chi connectivity index (χ1n) is 15.4. The molecule has 3 heteroatoms. The van der Waals surface area contributed by atoms with Gasteiger partial charge in [-0.05, 0) is 90.9 Å². The summed E-state index contributed by atoms with van der Waals surface area (Å²) >= 11 is 0. The molecule has 6 aromatic carbocycles. The number of hydrogen-bond acceptors (Lipinski definition) is 3. The third-order valence-electron chi connectivity index (χ3n) is 8.00. The van der Waals surface area contributed by atoms with E-state index in [0.29, 0.717) is 0 Å². The van der Waals surface area contributed by atoms with Crippen molar-refractivity contribution >= 4 is 39.6 Å². The monoisotopic (exact) mass is 590 g/mol. The van der Waals surface area contributed by atoms with E-state index < -0.39 is 0 Å². The van der Waals surface area contributed by atoms with Crippen molar-refractivity contribution in [1.82, 2.24) is 0 Å². The molecule has 0 heterocycles. The number of benzene rings is 6. The van der Waals surface area contributed by atoms with Crippen LogP contribution in [0.2, 0.25) is 0 Å². The minimum atomic E-state index is 0.915. The predicted octanol–water partition coefficient (Wildman–Crippen LogP) is 11.4. The van der Waals surface area contributed by atoms with Gasteiger partial charge in [0.1, 0.15) is 5.75 Å². The summed E-state index contributed by atoms with van der Waals surface area (Å²) in [4.78, 5) is 4.48. The van der Waals surface area contributed by atoms with Crippen molar-refractivity contribution in [2.45, 2.75) is 20.8 Å². The average Bonchev–Trinajstić information content (AvgIpc) is 3.07. The summed E-state index contributed by atoms with van der Waals surface area (Å²) in [5.74, 6) is 0.915. The van der Waals surface area contributed by atoms with E-state index in [1.54, 1.807) is 7.11 Å². The number of allylic oxidation sites excluding steroid dienone is 1. The molecule has 0 amide bonds. The van der Waals surface area contributed by atoms with Gasteiger partial charge in [-0.2, -0.15) is 0 Å². The van der Waals surface area contributed by atoms with E-state index >= 15 is 0 Å². The van der Waals surface area contributed by atoms with Gasteiger partial charge in [-0.3, -0.25) is 0 Å². The standard InChI is InChI=1S/C32H27N.C10H15NO/c1-3-11-29-24(2)12-9-18-31(29)33(32-19-10-16-27-15-7-8-17-30(27)32)28-22-20-26(21-23-28)25-13-5-4-6-14-25;1-8-7-9(12-4)5-6-10(8)11(2)3/h3-23H,1-2H3;5-7H,1-4H3/b11-3-;. The van der Waals surface area contributed by atoms with Gasteiger partial charge < -0.3 is 14.5 Å². The zero-order valence-corrected chi connectivity index (χ0v) is 27.2. The maximum atomic E-state index is 5.11. The van der Waals surface area contributed by atoms with Crippen LogP contribution in [0.1, 0.15) is 23.6 Å². The van der Waals surface area contributed by atoms with Crippen molar-refractivity contribution in [3.05, 3.63) is 156 Å². The molecule has 0 saturated heterocycles. The molecular formula is C42H42N2O. The Morgan fingerprint density at radius 1 is 0.578 bits per heavy atom. The lowest BCUT2D eigenvalue weighted by Crippen LogP contribution is -2.12. The molecule has 0 unspecified atom stereocenters. The molecule has 226 valence electrons. The SMILES string of the molecule is C/C=C\c1c(C)cccc1N(c1ccc(-c2ccccc2)cc1)c1cccc2ccccc12.COc1ccc(N(C)C)c(C)c1. The summed E-state index contributed by atoms with van der Waals surface area (Å²) in [7, 11) is 5.76. The third kappa shape index (κ3) is 7.11. The molecule has 0 aromatic heterocycles. The second-order valence-electron chi connectivity index (χ2n) is 11.3. The maximum Gasteiger partial charge on any atom is 0.119 e. The molecule has 0 N–H and O–H groups in total. The highest BCUT2D eigenvalue weighted by atomic mass is 16.5. The van der Waals surface area contributed by atoms with Crippen LogP contribution >= 0.6 is 0 Å². The summed E-state index contributed by atoms with van der Waals surface area (Å²) in [6, 6.07) is 47.2. The summed E-state index contributed by atoms with van der Waals surface area (Å²) in [6.45, 7) is 6.34. The highest BCUT2D eigenvalue weighted by Gasteiger charge is 2.18. The largest absolute Gasteiger partial charge is 0.497 e. The zero-order valence-electron chi connectivity index (χ0n) is 27.2. The first-order chi connectivity index (χ1) is 21.9. The first-order valence-corrected chi connectivity index (χ1v) is 15.4. The predicted molar refractivity (Wildman–Crippen MR) is 196 cm³/mol. The number of anilines is 4. The van der Waals surface area contributed by atoms with Crippen LogP contribution in [0.3, 0.4) is 0 Å². The van der Waals surface area contributed by atoms with Crippen LogP contribution in [-0.4, -0.2) is 21.2 Å². The van der Waals surface area contributed by atoms with Gasteiger partial charge >= 0.3 is 0 Å². The molecule has 0 spiro atoms. The maximum absolute atomic E-state index is 5.11. The number of rotatable bonds is 7. The Kier molecular flexibility index (Phi) is 10.0. The zero-order chi connectivity index (χ0) is 31.8. The first kappa shape index (κ1) is 31.2. The van der Waals surface area contributed by atoms with Crippen molar-refractivity contribution in [2.75, 3.05) is 31.0 Å². The van der Waals surface area contributed by atoms with E-state index in [4.69, 9.17) is 4.74 Å². The van der Waals surface area contributed by atoms with Crippen molar-refractivity contribution in [3.8, 4) is 16.9 Å². The third-order valence-corrected chi connectivity index (χ3v) is 8.00. The van der Waals surface area contributed by atoms with E-state index in [9.17, 15) is 0 Å². The van der Waals surface area contributed by atoms with Gasteiger partial charge in [-0.1, -0.05) is 103 Å². The van der Waals surface area contributed by atoms with Gasteiger partial charge in [0.15, 0.2) is 0 Å². The fourth-order valence-corrected chi connectivity index (χ4v) is 5.75. The minimum Gasteiger partial charge on any atom is -0.497 e. The molecule has 0 fully saturated rings. The van der Waals surface area contributed by atoms with Crippen LogP contribution in [0.4, 0.5) is 22.7 Å². The highest BCUT2D eigenvalue weighted by molar-refractivity contribution is 6.00. The van der Waals surface area contributed by atoms with Crippen LogP contribution in [0.5, 0.6) is 5.75 Å². The number of nitrogens with zero attached hydrogens (tertiary/aromatic N) is 2. The number of hydrogen-bond donors (Lipinski definition) is 0. The topological polar surface area (TPSA) is 15.7 Å². The van der Waals surface area contributed by atoms with Gasteiger partial charge in [-0.25, -0.2) is 0 Å². The van der Waals surface area contributed by atoms with Crippen molar-refractivity contribution < 1.29 is 4.74 Å². The van der Waals surface area contributed by atoms with Gasteiger partial charge in [0.05, 0.1) is 18.5 Å². The molecule has 0 atom stereocenters. The summed E-state index contributed by atoms with van der Waals surface area (Å²) < 4.78 is 5.11. The van der Waals surface area contributed by atoms with E-state index in [0.717, 1.165) is 11.4 Å². The molecule has 3 nitrogen and oxygen atoms in total. The van der Waals surface area contributed by atoms with Crippen LogP contribution in [-0.2, 0) is 0 Å². The van der Waals surface area contributed by atoms with Crippen LogP contribution in [0.15, 0.2) is 140 Å². The summed E-state index contributed by atoms with van der Waals surface area (Å²) in [5.41, 5.74) is 10.9. The second kappa shape index (κ2) is 14.5. The lowest BCUT2D eigenvalue weighted by Gasteiger charge is -2.29. The lowest BCUT2D eigenvalue weighted by atomic mass is 10.0. The molecular weight excluding hydrogens is 548 g/mol. The smallest absolute Gasteiger partial charge is 0.119 e. The van der Waals surface area contributed by atoms with E-state index in [2.05, 4.69) is 164 Å². The number of ether oxygens (including phenoxy) is 1. The van der Waals surface area contributed by atoms with Crippen LogP contribution in [0, 0.1) is 13.8 Å². The summed E-state index contributed by atoms with van der Waals surface area (Å²) in [6.07, 6.45) is 4.33. The van der Waals surface area contributed by atoms with Gasteiger partial charge in [0.2, 0.25) is 0 Å². The van der Waals surface area contributed by atoms with Gasteiger partial charge in [-0.15, -0.1) is 0 Å². The fraction of sp³-hybridized carbons (Fsp3) is 0.143. The molecule has 6 rings (SSSR count). The second-order valence-corrected chi connectivity index (χ2v) is 11.3. The fourth-order valence-electron chi connectivity index (χ4n) is 5.75.